The summed E-state index contributed by atoms with van der Waals surface area (Å²) in [6.45, 7) is 2.57. The Labute approximate surface area is 127 Å². The third kappa shape index (κ3) is 2.61. The highest BCUT2D eigenvalue weighted by molar-refractivity contribution is 7.18. The molecule has 2 aliphatic heterocycles. The molecule has 2 saturated heterocycles. The van der Waals surface area contributed by atoms with Gasteiger partial charge in [-0.3, -0.25) is 9.69 Å². The van der Waals surface area contributed by atoms with Gasteiger partial charge in [-0.2, -0.15) is 0 Å². The first-order chi connectivity index (χ1) is 10.3. The number of fused-ring (bicyclic) bond motifs is 2. The number of morpholine rings is 1. The number of Topliss-reactive ketones (excluding diaryl/α,β-unsaturated/α-hetero) is 1. The first-order valence-corrected chi connectivity index (χ1v) is 8.34. The van der Waals surface area contributed by atoms with Gasteiger partial charge in [0.2, 0.25) is 0 Å². The molecule has 0 amide bonds. The van der Waals surface area contributed by atoms with Crippen LogP contribution in [0.5, 0.6) is 0 Å². The summed E-state index contributed by atoms with van der Waals surface area (Å²) in [6, 6.07) is 8.56. The Kier molecular flexibility index (Phi) is 3.49. The Morgan fingerprint density at radius 3 is 3.24 bits per heavy atom. The highest BCUT2D eigenvalue weighted by atomic mass is 32.1. The van der Waals surface area contributed by atoms with Crippen LogP contribution < -0.4 is 0 Å². The molecule has 1 aromatic heterocycles. The highest BCUT2D eigenvalue weighted by Crippen LogP contribution is 2.25. The molecule has 110 valence electrons. The molecule has 4 nitrogen and oxygen atoms in total. The van der Waals surface area contributed by atoms with Crippen LogP contribution in [0.3, 0.4) is 0 Å². The maximum Gasteiger partial charge on any atom is 0.169 e. The number of hydrogen-bond acceptors (Lipinski definition) is 5. The van der Waals surface area contributed by atoms with Crippen molar-refractivity contribution in [3.8, 4) is 0 Å². The Balaban J connectivity index is 1.45. The number of carbonyl (C=O) groups is 1. The molecule has 1 aromatic carbocycles. The van der Waals surface area contributed by atoms with Crippen LogP contribution in [0.4, 0.5) is 0 Å². The van der Waals surface area contributed by atoms with Crippen molar-refractivity contribution in [1.82, 2.24) is 9.88 Å². The molecule has 0 spiro atoms. The van der Waals surface area contributed by atoms with E-state index in [9.17, 15) is 4.79 Å². The molecule has 4 rings (SSSR count). The molecule has 2 unspecified atom stereocenters. The SMILES string of the molecule is O=C(Cc1nc2ccccc2s1)C1CN2CCCC2CO1. The van der Waals surface area contributed by atoms with Crippen LogP contribution in [0.25, 0.3) is 10.2 Å². The standard InChI is InChI=1S/C16H18N2O2S/c19-13(14-9-18-7-3-4-11(18)10-20-14)8-16-17-12-5-1-2-6-15(12)21-16/h1-2,5-6,11,14H,3-4,7-10H2. The van der Waals surface area contributed by atoms with Gasteiger partial charge >= 0.3 is 0 Å². The van der Waals surface area contributed by atoms with Gasteiger partial charge in [-0.1, -0.05) is 12.1 Å². The van der Waals surface area contributed by atoms with Gasteiger partial charge in [0.15, 0.2) is 5.78 Å². The zero-order valence-corrected chi connectivity index (χ0v) is 12.6. The van der Waals surface area contributed by atoms with Gasteiger partial charge in [-0.15, -0.1) is 11.3 Å². The zero-order chi connectivity index (χ0) is 14.2. The van der Waals surface area contributed by atoms with Crippen LogP contribution >= 0.6 is 11.3 Å². The van der Waals surface area contributed by atoms with Crippen molar-refractivity contribution in [2.24, 2.45) is 0 Å². The van der Waals surface area contributed by atoms with Crippen LogP contribution in [-0.4, -0.2) is 47.5 Å². The van der Waals surface area contributed by atoms with Gasteiger partial charge in [0.25, 0.3) is 0 Å². The van der Waals surface area contributed by atoms with Crippen LogP contribution in [0, 0.1) is 0 Å². The monoisotopic (exact) mass is 302 g/mol. The highest BCUT2D eigenvalue weighted by Gasteiger charge is 2.35. The third-order valence-corrected chi connectivity index (χ3v) is 5.45. The minimum absolute atomic E-state index is 0.166. The summed E-state index contributed by atoms with van der Waals surface area (Å²) >= 11 is 1.61. The summed E-state index contributed by atoms with van der Waals surface area (Å²) in [7, 11) is 0. The maximum atomic E-state index is 12.4. The lowest BCUT2D eigenvalue weighted by atomic mass is 10.1. The van der Waals surface area contributed by atoms with E-state index in [1.54, 1.807) is 11.3 Å². The van der Waals surface area contributed by atoms with Gasteiger partial charge in [0.1, 0.15) is 11.1 Å². The number of rotatable bonds is 3. The number of para-hydroxylation sites is 1. The average Bonchev–Trinajstić information content (AvgIpc) is 3.11. The van der Waals surface area contributed by atoms with E-state index in [2.05, 4.69) is 9.88 Å². The van der Waals surface area contributed by atoms with E-state index in [1.165, 1.54) is 12.8 Å². The van der Waals surface area contributed by atoms with Crippen LogP contribution in [0.2, 0.25) is 0 Å². The van der Waals surface area contributed by atoms with Gasteiger partial charge < -0.3 is 4.74 Å². The second kappa shape index (κ2) is 5.48. The largest absolute Gasteiger partial charge is 0.367 e. The molecule has 3 heterocycles. The van der Waals surface area contributed by atoms with Crippen molar-refractivity contribution >= 4 is 27.3 Å². The summed E-state index contributed by atoms with van der Waals surface area (Å²) in [6.07, 6.45) is 2.56. The van der Waals surface area contributed by atoms with Crippen LogP contribution in [0.1, 0.15) is 17.8 Å². The van der Waals surface area contributed by atoms with Crippen molar-refractivity contribution in [2.45, 2.75) is 31.4 Å². The Bertz CT molecular complexity index is 636. The first kappa shape index (κ1) is 13.4. The average molecular weight is 302 g/mol. The number of carbonyl (C=O) groups excluding carboxylic acids is 1. The number of benzene rings is 1. The lowest BCUT2D eigenvalue weighted by Gasteiger charge is -2.34. The first-order valence-electron chi connectivity index (χ1n) is 7.52. The normalized spacial score (nSPS) is 26.1. The topological polar surface area (TPSA) is 42.4 Å². The van der Waals surface area contributed by atoms with Crippen molar-refractivity contribution in [2.75, 3.05) is 19.7 Å². The van der Waals surface area contributed by atoms with E-state index >= 15 is 0 Å². The summed E-state index contributed by atoms with van der Waals surface area (Å²) in [4.78, 5) is 19.4. The molecule has 21 heavy (non-hydrogen) atoms. The van der Waals surface area contributed by atoms with Crippen LogP contribution in [0.15, 0.2) is 24.3 Å². The van der Waals surface area contributed by atoms with Gasteiger partial charge in [-0.05, 0) is 31.5 Å². The predicted molar refractivity (Wildman–Crippen MR) is 82.7 cm³/mol. The fraction of sp³-hybridized carbons (Fsp3) is 0.500. The Morgan fingerprint density at radius 2 is 2.33 bits per heavy atom. The second-order valence-corrected chi connectivity index (χ2v) is 6.95. The lowest BCUT2D eigenvalue weighted by molar-refractivity contribution is -0.137. The fourth-order valence-electron chi connectivity index (χ4n) is 3.27. The maximum absolute atomic E-state index is 12.4. The van der Waals surface area contributed by atoms with E-state index in [0.717, 1.165) is 28.3 Å². The third-order valence-electron chi connectivity index (χ3n) is 4.41. The molecule has 5 heteroatoms. The zero-order valence-electron chi connectivity index (χ0n) is 11.8. The Hall–Kier alpha value is -1.30. The molecule has 2 fully saturated rings. The van der Waals surface area contributed by atoms with Crippen molar-refractivity contribution in [3.05, 3.63) is 29.3 Å². The predicted octanol–water partition coefficient (Wildman–Crippen LogP) is 2.27. The van der Waals surface area contributed by atoms with E-state index in [0.29, 0.717) is 19.1 Å². The molecule has 0 bridgehead atoms. The summed E-state index contributed by atoms with van der Waals surface area (Å²) in [5, 5.41) is 0.897. The molecule has 0 aliphatic carbocycles. The molecule has 2 aliphatic rings. The van der Waals surface area contributed by atoms with E-state index in [4.69, 9.17) is 4.74 Å². The number of nitrogens with zero attached hydrogens (tertiary/aromatic N) is 2. The van der Waals surface area contributed by atoms with E-state index in [-0.39, 0.29) is 11.9 Å². The summed E-state index contributed by atoms with van der Waals surface area (Å²) < 4.78 is 6.93. The molecule has 2 aromatic rings. The van der Waals surface area contributed by atoms with Crippen molar-refractivity contribution < 1.29 is 9.53 Å². The minimum atomic E-state index is -0.272. The number of ketones is 1. The molecular weight excluding hydrogens is 284 g/mol. The summed E-state index contributed by atoms with van der Waals surface area (Å²) in [5.41, 5.74) is 0.981. The molecule has 2 atom stereocenters. The van der Waals surface area contributed by atoms with Gasteiger partial charge in [0, 0.05) is 12.6 Å². The van der Waals surface area contributed by atoms with Crippen molar-refractivity contribution in [1.29, 1.82) is 0 Å². The number of ether oxygens (including phenoxy) is 1. The van der Waals surface area contributed by atoms with Crippen LogP contribution in [-0.2, 0) is 16.0 Å². The molecular formula is C16H18N2O2S. The number of hydrogen-bond donors (Lipinski definition) is 0. The fourth-order valence-corrected chi connectivity index (χ4v) is 4.25. The Morgan fingerprint density at radius 1 is 1.43 bits per heavy atom. The van der Waals surface area contributed by atoms with Gasteiger partial charge in [0.05, 0.1) is 23.2 Å². The lowest BCUT2D eigenvalue weighted by Crippen LogP contribution is -2.49. The quantitative estimate of drug-likeness (QED) is 0.872. The smallest absolute Gasteiger partial charge is 0.169 e. The molecule has 0 saturated carbocycles. The minimum Gasteiger partial charge on any atom is -0.367 e. The number of thiazole rings is 1. The summed E-state index contributed by atoms with van der Waals surface area (Å²) in [5.74, 6) is 0.166. The van der Waals surface area contributed by atoms with Crippen molar-refractivity contribution in [3.63, 3.8) is 0 Å². The van der Waals surface area contributed by atoms with E-state index < -0.39 is 0 Å². The second-order valence-electron chi connectivity index (χ2n) is 5.83. The number of aromatic nitrogens is 1. The molecule has 0 N–H and O–H groups in total. The van der Waals surface area contributed by atoms with E-state index in [1.807, 2.05) is 24.3 Å². The molecule has 0 radical (unpaired) electrons. The van der Waals surface area contributed by atoms with Gasteiger partial charge in [-0.25, -0.2) is 4.98 Å².